The topological polar surface area (TPSA) is 18.5 Å². The fraction of sp³-hybridized carbons (Fsp3) is 0.182. The molecule has 0 radical (unpaired) electrons. The molecule has 0 aliphatic carbocycles. The van der Waals surface area contributed by atoms with Crippen LogP contribution in [0.25, 0.3) is 0 Å². The van der Waals surface area contributed by atoms with Gasteiger partial charge in [-0.25, -0.2) is 8.78 Å². The minimum Gasteiger partial charge on any atom is -0.491 e. The molecule has 0 N–H and O–H groups in total. The van der Waals surface area contributed by atoms with Crippen molar-refractivity contribution in [2.24, 2.45) is 0 Å². The molecule has 0 saturated carbocycles. The Balaban J connectivity index is 2.68. The predicted octanol–water partition coefficient (Wildman–Crippen LogP) is 6.44. The number of aryl methyl sites for hydroxylation is 1. The third-order valence-corrected chi connectivity index (χ3v) is 3.43. The van der Waals surface area contributed by atoms with Gasteiger partial charge in [0.1, 0.15) is 6.61 Å². The number of hydrogen-bond acceptors (Lipinski definition) is 2. The summed E-state index contributed by atoms with van der Waals surface area (Å²) in [4.78, 5) is 0. The zero-order valence-electron chi connectivity index (χ0n) is 15.6. The van der Waals surface area contributed by atoms with Crippen molar-refractivity contribution >= 4 is 0 Å². The zero-order chi connectivity index (χ0) is 20.6. The first-order chi connectivity index (χ1) is 12.7. The monoisotopic (exact) mass is 376 g/mol. The van der Waals surface area contributed by atoms with Gasteiger partial charge in [-0.05, 0) is 42.7 Å². The van der Waals surface area contributed by atoms with Crippen LogP contribution in [0, 0.1) is 12.7 Å². The van der Waals surface area contributed by atoms with E-state index in [2.05, 4.69) is 26.3 Å². The van der Waals surface area contributed by atoms with Gasteiger partial charge in [0, 0.05) is 5.57 Å². The Bertz CT molecular complexity index is 817. The van der Waals surface area contributed by atoms with Crippen LogP contribution in [-0.2, 0) is 4.74 Å². The molecule has 1 aromatic rings. The van der Waals surface area contributed by atoms with Gasteiger partial charge in [-0.15, -0.1) is 0 Å². The van der Waals surface area contributed by atoms with Crippen molar-refractivity contribution in [3.05, 3.63) is 102 Å². The van der Waals surface area contributed by atoms with E-state index in [0.717, 1.165) is 5.56 Å². The first kappa shape index (κ1) is 22.1. The molecule has 0 amide bonds. The van der Waals surface area contributed by atoms with Gasteiger partial charge < -0.3 is 9.47 Å². The lowest BCUT2D eigenvalue weighted by molar-refractivity contribution is 0.224. The second kappa shape index (κ2) is 10.3. The predicted molar refractivity (Wildman–Crippen MR) is 103 cm³/mol. The lowest BCUT2D eigenvalue weighted by atomic mass is 10.1. The molecule has 0 bridgehead atoms. The summed E-state index contributed by atoms with van der Waals surface area (Å²) in [5.74, 6) is -3.21. The molecule has 0 aromatic heterocycles. The molecule has 1 rings (SSSR count). The van der Waals surface area contributed by atoms with Crippen molar-refractivity contribution in [1.82, 2.24) is 0 Å². The molecule has 5 heteroatoms. The van der Waals surface area contributed by atoms with Gasteiger partial charge in [-0.2, -0.15) is 4.39 Å². The van der Waals surface area contributed by atoms with Crippen molar-refractivity contribution in [3.63, 3.8) is 0 Å². The highest BCUT2D eigenvalue weighted by Gasteiger charge is 2.15. The summed E-state index contributed by atoms with van der Waals surface area (Å²) in [6, 6.07) is 4.61. The van der Waals surface area contributed by atoms with Gasteiger partial charge in [0.2, 0.25) is 5.83 Å². The molecule has 1 aromatic carbocycles. The van der Waals surface area contributed by atoms with Gasteiger partial charge >= 0.3 is 0 Å². The lowest BCUT2D eigenvalue weighted by Crippen LogP contribution is -2.00. The molecule has 0 heterocycles. The molecule has 0 fully saturated rings. The summed E-state index contributed by atoms with van der Waals surface area (Å²) in [5, 5.41) is 0. The quantitative estimate of drug-likeness (QED) is 0.346. The molecule has 0 saturated heterocycles. The van der Waals surface area contributed by atoms with E-state index in [1.165, 1.54) is 24.3 Å². The van der Waals surface area contributed by atoms with Crippen molar-refractivity contribution < 1.29 is 22.6 Å². The number of ether oxygens (including phenoxy) is 2. The molecule has 0 unspecified atom stereocenters. The van der Waals surface area contributed by atoms with Crippen LogP contribution in [0.4, 0.5) is 13.2 Å². The Kier molecular flexibility index (Phi) is 8.39. The summed E-state index contributed by atoms with van der Waals surface area (Å²) in [6.45, 7) is 17.8. The van der Waals surface area contributed by atoms with E-state index in [1.807, 2.05) is 0 Å². The highest BCUT2D eigenvalue weighted by atomic mass is 19.2. The van der Waals surface area contributed by atoms with Gasteiger partial charge in [0.15, 0.2) is 23.2 Å². The normalized spacial score (nSPS) is 11.7. The van der Waals surface area contributed by atoms with Crippen LogP contribution >= 0.6 is 0 Å². The lowest BCUT2D eigenvalue weighted by Gasteiger charge is -2.09. The van der Waals surface area contributed by atoms with E-state index >= 15 is 0 Å². The maximum absolute atomic E-state index is 14.1. The van der Waals surface area contributed by atoms with Crippen LogP contribution in [0.5, 0.6) is 5.75 Å². The molecular formula is C22H23F3O2. The Morgan fingerprint density at radius 3 is 2.33 bits per heavy atom. The summed E-state index contributed by atoms with van der Waals surface area (Å²) in [7, 11) is 0. The van der Waals surface area contributed by atoms with E-state index in [-0.39, 0.29) is 30.1 Å². The average Bonchev–Trinajstić information content (AvgIpc) is 2.63. The van der Waals surface area contributed by atoms with Crippen molar-refractivity contribution in [3.8, 4) is 5.75 Å². The largest absolute Gasteiger partial charge is 0.491 e. The first-order valence-electron chi connectivity index (χ1n) is 8.18. The summed E-state index contributed by atoms with van der Waals surface area (Å²) >= 11 is 0. The maximum atomic E-state index is 14.1. The van der Waals surface area contributed by atoms with Crippen LogP contribution in [0.2, 0.25) is 0 Å². The third kappa shape index (κ3) is 6.70. The molecule has 144 valence electrons. The molecular weight excluding hydrogens is 353 g/mol. The van der Waals surface area contributed by atoms with Crippen molar-refractivity contribution in [2.45, 2.75) is 13.8 Å². The number of rotatable bonds is 10. The molecule has 0 atom stereocenters. The number of benzene rings is 1. The van der Waals surface area contributed by atoms with Crippen molar-refractivity contribution in [2.75, 3.05) is 13.2 Å². The van der Waals surface area contributed by atoms with E-state index in [4.69, 9.17) is 9.47 Å². The zero-order valence-corrected chi connectivity index (χ0v) is 15.6. The molecule has 0 spiro atoms. The van der Waals surface area contributed by atoms with Crippen LogP contribution in [0.3, 0.4) is 0 Å². The Labute approximate surface area is 158 Å². The fourth-order valence-corrected chi connectivity index (χ4v) is 1.89. The number of allylic oxidation sites excluding steroid dienone is 5. The number of hydrogen-bond donors (Lipinski definition) is 0. The Morgan fingerprint density at radius 2 is 1.74 bits per heavy atom. The minimum atomic E-state index is -1.23. The van der Waals surface area contributed by atoms with E-state index < -0.39 is 23.2 Å². The van der Waals surface area contributed by atoms with Gasteiger partial charge in [0.05, 0.1) is 6.61 Å². The smallest absolute Gasteiger partial charge is 0.200 e. The van der Waals surface area contributed by atoms with E-state index in [9.17, 15) is 13.2 Å². The summed E-state index contributed by atoms with van der Waals surface area (Å²) in [6.07, 6.45) is 2.91. The van der Waals surface area contributed by atoms with Gasteiger partial charge in [0.25, 0.3) is 0 Å². The van der Waals surface area contributed by atoms with Crippen molar-refractivity contribution in [1.29, 1.82) is 0 Å². The second-order valence-corrected chi connectivity index (χ2v) is 5.70. The molecule has 27 heavy (non-hydrogen) atoms. The molecule has 0 aliphatic rings. The van der Waals surface area contributed by atoms with Crippen LogP contribution in [-0.4, -0.2) is 13.2 Å². The van der Waals surface area contributed by atoms with Crippen LogP contribution < -0.4 is 4.74 Å². The highest BCUT2D eigenvalue weighted by molar-refractivity contribution is 5.49. The Morgan fingerprint density at radius 1 is 1.07 bits per heavy atom. The molecule has 2 nitrogen and oxygen atoms in total. The SMILES string of the molecule is C=C(/C=C\C(=C)C(=C)/C(F)=C(/F)C(=C)OCC)COc1ccc(C)cc1F. The summed E-state index contributed by atoms with van der Waals surface area (Å²) < 4.78 is 51.8. The second-order valence-electron chi connectivity index (χ2n) is 5.70. The van der Waals surface area contributed by atoms with Crippen LogP contribution in [0.15, 0.2) is 90.8 Å². The van der Waals surface area contributed by atoms with E-state index in [1.54, 1.807) is 19.9 Å². The fourth-order valence-electron chi connectivity index (χ4n) is 1.89. The minimum absolute atomic E-state index is 0.0179. The summed E-state index contributed by atoms with van der Waals surface area (Å²) in [5.41, 5.74) is 1.15. The van der Waals surface area contributed by atoms with Crippen LogP contribution in [0.1, 0.15) is 12.5 Å². The standard InChI is InChI=1S/C22H23F3O2/c1-7-26-18(6)22(25)21(24)17(5)16(4)10-8-15(3)13-27-20-11-9-14(2)12-19(20)23/h8-12H,3-7,13H2,1-2H3/b10-8-,22-21-. The number of halogens is 3. The van der Waals surface area contributed by atoms with Gasteiger partial charge in [-0.1, -0.05) is 44.5 Å². The van der Waals surface area contributed by atoms with Gasteiger partial charge in [-0.3, -0.25) is 0 Å². The third-order valence-electron chi connectivity index (χ3n) is 3.43. The highest BCUT2D eigenvalue weighted by Crippen LogP contribution is 2.27. The molecule has 0 aliphatic heterocycles. The maximum Gasteiger partial charge on any atom is 0.200 e. The van der Waals surface area contributed by atoms with E-state index in [0.29, 0.717) is 5.57 Å². The Hall–Kier alpha value is -2.95. The average molecular weight is 376 g/mol. The first-order valence-corrected chi connectivity index (χ1v) is 8.18.